The molecular weight excluding hydrogens is 252 g/mol. The molecular formula is C17H18O3. The minimum absolute atomic E-state index is 0.00708. The molecule has 0 amide bonds. The maximum atomic E-state index is 10.8. The maximum Gasteiger partial charge on any atom is 0.304 e. The predicted octanol–water partition coefficient (Wildman–Crippen LogP) is 3.06. The Kier molecular flexibility index (Phi) is 6.79. The van der Waals surface area contributed by atoms with Gasteiger partial charge in [-0.1, -0.05) is 18.1 Å². The molecule has 1 aromatic rings. The summed E-state index contributed by atoms with van der Waals surface area (Å²) < 4.78 is 5.53. The molecule has 20 heavy (non-hydrogen) atoms. The molecule has 104 valence electrons. The van der Waals surface area contributed by atoms with Crippen molar-refractivity contribution < 1.29 is 14.6 Å². The predicted molar refractivity (Wildman–Crippen MR) is 78.4 cm³/mol. The first kappa shape index (κ1) is 15.7. The monoisotopic (exact) mass is 270 g/mol. The Morgan fingerprint density at radius 3 is 2.50 bits per heavy atom. The first-order chi connectivity index (χ1) is 9.67. The van der Waals surface area contributed by atoms with Crippen molar-refractivity contribution in [3.8, 4) is 29.4 Å². The van der Waals surface area contributed by atoms with Crippen LogP contribution in [0.2, 0.25) is 0 Å². The van der Waals surface area contributed by atoms with Crippen LogP contribution in [0.5, 0.6) is 5.75 Å². The van der Waals surface area contributed by atoms with Crippen molar-refractivity contribution in [2.24, 2.45) is 0 Å². The van der Waals surface area contributed by atoms with Crippen LogP contribution in [0.25, 0.3) is 0 Å². The van der Waals surface area contributed by atoms with Gasteiger partial charge in [-0.05, 0) is 31.5 Å². The van der Waals surface area contributed by atoms with Gasteiger partial charge in [-0.25, -0.2) is 0 Å². The van der Waals surface area contributed by atoms with Gasteiger partial charge < -0.3 is 9.84 Å². The van der Waals surface area contributed by atoms with Gasteiger partial charge in [0.05, 0.1) is 18.9 Å². The summed E-state index contributed by atoms with van der Waals surface area (Å²) in [7, 11) is 0. The molecule has 0 heterocycles. The maximum absolute atomic E-state index is 10.8. The van der Waals surface area contributed by atoms with Gasteiger partial charge in [0.25, 0.3) is 0 Å². The van der Waals surface area contributed by atoms with Crippen molar-refractivity contribution in [2.45, 2.75) is 32.6 Å². The topological polar surface area (TPSA) is 46.5 Å². The lowest BCUT2D eigenvalue weighted by molar-refractivity contribution is -0.137. The molecule has 0 aromatic heterocycles. The highest BCUT2D eigenvalue weighted by molar-refractivity contribution is 5.69. The van der Waals surface area contributed by atoms with E-state index in [0.717, 1.165) is 11.3 Å². The van der Waals surface area contributed by atoms with Crippen molar-refractivity contribution in [2.75, 3.05) is 6.61 Å². The fraction of sp³-hybridized carbons (Fsp3) is 0.353. The average molecular weight is 270 g/mol. The molecule has 0 spiro atoms. The lowest BCUT2D eigenvalue weighted by Gasteiger charge is -2.10. The van der Waals surface area contributed by atoms with E-state index in [0.29, 0.717) is 13.0 Å². The Balaban J connectivity index is 2.68. The number of benzene rings is 1. The van der Waals surface area contributed by atoms with Crippen molar-refractivity contribution in [1.82, 2.24) is 0 Å². The highest BCUT2D eigenvalue weighted by Crippen LogP contribution is 2.22. The van der Waals surface area contributed by atoms with Crippen LogP contribution in [0.15, 0.2) is 24.3 Å². The molecule has 1 aromatic carbocycles. The number of rotatable bonds is 6. The Labute approximate surface area is 120 Å². The van der Waals surface area contributed by atoms with Crippen LogP contribution in [0, 0.1) is 23.7 Å². The number of carboxylic acids is 1. The molecule has 0 aliphatic rings. The summed E-state index contributed by atoms with van der Waals surface area (Å²) in [4.78, 5) is 10.8. The van der Waals surface area contributed by atoms with E-state index in [-0.39, 0.29) is 12.3 Å². The fourth-order valence-corrected chi connectivity index (χ4v) is 1.74. The summed E-state index contributed by atoms with van der Waals surface area (Å²) in [5.41, 5.74) is 0.891. The molecule has 0 unspecified atom stereocenters. The number of aliphatic carboxylic acids is 1. The quantitative estimate of drug-likeness (QED) is 0.638. The third kappa shape index (κ3) is 5.50. The van der Waals surface area contributed by atoms with Gasteiger partial charge in [-0.3, -0.25) is 4.79 Å². The molecule has 0 saturated heterocycles. The second-order valence-corrected chi connectivity index (χ2v) is 4.14. The van der Waals surface area contributed by atoms with Gasteiger partial charge in [0.15, 0.2) is 0 Å². The molecule has 3 heteroatoms. The van der Waals surface area contributed by atoms with Crippen molar-refractivity contribution >= 4 is 5.97 Å². The third-order valence-electron chi connectivity index (χ3n) is 2.65. The molecule has 0 bridgehead atoms. The van der Waals surface area contributed by atoms with Crippen LogP contribution in [0.1, 0.15) is 38.2 Å². The number of hydrogen-bond donors (Lipinski definition) is 1. The smallest absolute Gasteiger partial charge is 0.304 e. The number of hydrogen-bond acceptors (Lipinski definition) is 2. The van der Waals surface area contributed by atoms with Gasteiger partial charge in [-0.15, -0.1) is 17.8 Å². The molecule has 0 fully saturated rings. The standard InChI is InChI=1S/C17H18O3/c1-3-5-6-12-20-16-10-8-14(9-11-16)15(7-4-2)13-17(18)19/h8-11,15H,6,12-13H2,1-2H3,(H,18,19)/t15-/m0/s1. The zero-order valence-corrected chi connectivity index (χ0v) is 11.8. The average Bonchev–Trinajstić information content (AvgIpc) is 2.43. The highest BCUT2D eigenvalue weighted by atomic mass is 16.5. The lowest BCUT2D eigenvalue weighted by Crippen LogP contribution is -2.04. The van der Waals surface area contributed by atoms with E-state index < -0.39 is 5.97 Å². The molecule has 0 aliphatic carbocycles. The molecule has 1 N–H and O–H groups in total. The Bertz CT molecular complexity index is 550. The van der Waals surface area contributed by atoms with Gasteiger partial charge in [0.2, 0.25) is 0 Å². The number of carboxylic acid groups (broad SMARTS) is 1. The zero-order valence-electron chi connectivity index (χ0n) is 11.8. The number of carbonyl (C=O) groups is 1. The zero-order chi connectivity index (χ0) is 14.8. The van der Waals surface area contributed by atoms with Crippen molar-refractivity contribution in [3.05, 3.63) is 29.8 Å². The van der Waals surface area contributed by atoms with Crippen LogP contribution < -0.4 is 4.74 Å². The Hall–Kier alpha value is -2.39. The fourth-order valence-electron chi connectivity index (χ4n) is 1.74. The van der Waals surface area contributed by atoms with E-state index in [1.54, 1.807) is 13.8 Å². The van der Waals surface area contributed by atoms with Gasteiger partial charge in [0.1, 0.15) is 5.75 Å². The van der Waals surface area contributed by atoms with Crippen molar-refractivity contribution in [1.29, 1.82) is 0 Å². The minimum Gasteiger partial charge on any atom is -0.493 e. The van der Waals surface area contributed by atoms with Crippen LogP contribution >= 0.6 is 0 Å². The van der Waals surface area contributed by atoms with E-state index >= 15 is 0 Å². The molecule has 3 nitrogen and oxygen atoms in total. The SMILES string of the molecule is CC#CCCOc1ccc([C@@H](C#CC)CC(=O)O)cc1. The van der Waals surface area contributed by atoms with Gasteiger partial charge in [-0.2, -0.15) is 0 Å². The molecule has 1 rings (SSSR count). The first-order valence-corrected chi connectivity index (χ1v) is 6.43. The van der Waals surface area contributed by atoms with Crippen LogP contribution in [0.4, 0.5) is 0 Å². The summed E-state index contributed by atoms with van der Waals surface area (Å²) in [5, 5.41) is 8.89. The third-order valence-corrected chi connectivity index (χ3v) is 2.65. The summed E-state index contributed by atoms with van der Waals surface area (Å²) >= 11 is 0. The molecule has 1 atom stereocenters. The summed E-state index contributed by atoms with van der Waals surface area (Å²) in [6, 6.07) is 7.39. The minimum atomic E-state index is -0.851. The first-order valence-electron chi connectivity index (χ1n) is 6.43. The summed E-state index contributed by atoms with van der Waals surface area (Å²) in [6.07, 6.45) is 0.703. The second kappa shape index (κ2) is 8.67. The Morgan fingerprint density at radius 1 is 1.25 bits per heavy atom. The second-order valence-electron chi connectivity index (χ2n) is 4.14. The normalized spacial score (nSPS) is 10.5. The van der Waals surface area contributed by atoms with Crippen LogP contribution in [-0.4, -0.2) is 17.7 Å². The lowest BCUT2D eigenvalue weighted by atomic mass is 9.96. The van der Waals surface area contributed by atoms with E-state index in [1.807, 2.05) is 24.3 Å². The van der Waals surface area contributed by atoms with E-state index in [9.17, 15) is 4.79 Å². The summed E-state index contributed by atoms with van der Waals surface area (Å²) in [5.74, 6) is 11.1. The Morgan fingerprint density at radius 2 is 1.95 bits per heavy atom. The molecule has 0 radical (unpaired) electrons. The van der Waals surface area contributed by atoms with Gasteiger partial charge in [0, 0.05) is 6.42 Å². The molecule has 0 aliphatic heterocycles. The largest absolute Gasteiger partial charge is 0.493 e. The number of ether oxygens (including phenoxy) is 1. The van der Waals surface area contributed by atoms with Crippen molar-refractivity contribution in [3.63, 3.8) is 0 Å². The van der Waals surface area contributed by atoms with E-state index in [2.05, 4.69) is 23.7 Å². The van der Waals surface area contributed by atoms with Crippen LogP contribution in [-0.2, 0) is 4.79 Å². The van der Waals surface area contributed by atoms with Crippen LogP contribution in [0.3, 0.4) is 0 Å². The van der Waals surface area contributed by atoms with E-state index in [1.165, 1.54) is 0 Å². The molecule has 0 saturated carbocycles. The summed E-state index contributed by atoms with van der Waals surface area (Å²) in [6.45, 7) is 4.06. The highest BCUT2D eigenvalue weighted by Gasteiger charge is 2.12. The van der Waals surface area contributed by atoms with Gasteiger partial charge >= 0.3 is 5.97 Å². The van der Waals surface area contributed by atoms with E-state index in [4.69, 9.17) is 9.84 Å².